The van der Waals surface area contributed by atoms with E-state index in [0.717, 1.165) is 26.2 Å². The van der Waals surface area contributed by atoms with E-state index in [4.69, 9.17) is 0 Å². The standard InChI is InChI=1S/2C14H16N6O.H2O/c2*21-14(13-5-4-6-15-17-13)18-9-11-19(12-10-18)20-8-3-1-2-7-16-20;/h2*1-8H,9-12H2;1H2. The van der Waals surface area contributed by atoms with Crippen LogP contribution in [0, 0.1) is 0 Å². The summed E-state index contributed by atoms with van der Waals surface area (Å²) in [6.45, 7) is 5.49. The number of carbonyl (C=O) groups is 2. The van der Waals surface area contributed by atoms with Crippen molar-refractivity contribution < 1.29 is 15.1 Å². The van der Waals surface area contributed by atoms with Crippen LogP contribution < -0.4 is 0 Å². The van der Waals surface area contributed by atoms with Crippen molar-refractivity contribution >= 4 is 24.2 Å². The average molecular weight is 587 g/mol. The van der Waals surface area contributed by atoms with Crippen LogP contribution in [0.1, 0.15) is 21.0 Å². The number of amides is 2. The van der Waals surface area contributed by atoms with Crippen LogP contribution in [0.5, 0.6) is 0 Å². The zero-order valence-corrected chi connectivity index (χ0v) is 23.6. The van der Waals surface area contributed by atoms with Crippen LogP contribution in [0.4, 0.5) is 0 Å². The van der Waals surface area contributed by atoms with E-state index in [2.05, 4.69) is 40.6 Å². The Morgan fingerprint density at radius 3 is 1.35 bits per heavy atom. The second-order valence-corrected chi connectivity index (χ2v) is 9.33. The largest absolute Gasteiger partial charge is 0.412 e. The normalized spacial score (nSPS) is 18.4. The lowest BCUT2D eigenvalue weighted by atomic mass is 10.3. The molecule has 0 saturated carbocycles. The quantitative estimate of drug-likeness (QED) is 0.484. The van der Waals surface area contributed by atoms with Gasteiger partial charge in [-0.25, -0.2) is 10.2 Å². The maximum Gasteiger partial charge on any atom is 0.274 e. The van der Waals surface area contributed by atoms with Crippen LogP contribution in [0.15, 0.2) is 95.7 Å². The van der Waals surface area contributed by atoms with Gasteiger partial charge in [-0.1, -0.05) is 12.2 Å². The molecule has 4 aliphatic rings. The highest BCUT2D eigenvalue weighted by molar-refractivity contribution is 5.92. The SMILES string of the molecule is O.O=C(c1cccnn1)N1CCN(N2C=CC=CC=N2)CC1.O=C(c1cccnn1)N1CCN(N2C=CC=CC=N2)CC1. The molecule has 2 amide bonds. The first-order valence-electron chi connectivity index (χ1n) is 13.7. The summed E-state index contributed by atoms with van der Waals surface area (Å²) in [6, 6.07) is 6.82. The Morgan fingerprint density at radius 1 is 0.558 bits per heavy atom. The highest BCUT2D eigenvalue weighted by Crippen LogP contribution is 2.12. The van der Waals surface area contributed by atoms with Crippen LogP contribution in [0.25, 0.3) is 0 Å². The van der Waals surface area contributed by atoms with Crippen molar-refractivity contribution in [2.45, 2.75) is 0 Å². The Balaban J connectivity index is 0.000000192. The summed E-state index contributed by atoms with van der Waals surface area (Å²) in [6.07, 6.45) is 21.9. The van der Waals surface area contributed by atoms with E-state index in [0.29, 0.717) is 37.6 Å². The molecule has 6 rings (SSSR count). The first kappa shape index (κ1) is 30.8. The summed E-state index contributed by atoms with van der Waals surface area (Å²) >= 11 is 0. The number of carbonyl (C=O) groups excluding carboxylic acids is 2. The molecule has 0 bridgehead atoms. The van der Waals surface area contributed by atoms with Gasteiger partial charge in [0.05, 0.1) is 0 Å². The second-order valence-electron chi connectivity index (χ2n) is 9.33. The number of hydrogen-bond donors (Lipinski definition) is 0. The first-order chi connectivity index (χ1) is 20.7. The van der Waals surface area contributed by atoms with Crippen molar-refractivity contribution in [3.63, 3.8) is 0 Å². The maximum atomic E-state index is 12.3. The van der Waals surface area contributed by atoms with Gasteiger partial charge in [-0.05, 0) is 48.6 Å². The Bertz CT molecular complexity index is 1230. The minimum Gasteiger partial charge on any atom is -0.412 e. The van der Waals surface area contributed by atoms with E-state index >= 15 is 0 Å². The van der Waals surface area contributed by atoms with Gasteiger partial charge in [0.15, 0.2) is 11.4 Å². The summed E-state index contributed by atoms with van der Waals surface area (Å²) < 4.78 is 0. The number of hydrazine groups is 2. The molecule has 0 aliphatic carbocycles. The highest BCUT2D eigenvalue weighted by Gasteiger charge is 2.26. The van der Waals surface area contributed by atoms with Gasteiger partial charge in [0.2, 0.25) is 0 Å². The number of hydrazone groups is 2. The molecule has 224 valence electrons. The average Bonchev–Trinajstić information content (AvgIpc) is 3.52. The number of piperazine rings is 2. The van der Waals surface area contributed by atoms with Crippen LogP contribution >= 0.6 is 0 Å². The molecule has 0 atom stereocenters. The summed E-state index contributed by atoms with van der Waals surface area (Å²) in [5.41, 5.74) is 0.783. The fourth-order valence-electron chi connectivity index (χ4n) is 4.47. The van der Waals surface area contributed by atoms with Crippen molar-refractivity contribution in [3.8, 4) is 0 Å². The summed E-state index contributed by atoms with van der Waals surface area (Å²) in [5.74, 6) is -0.140. The third-order valence-electron chi connectivity index (χ3n) is 6.67. The van der Waals surface area contributed by atoms with Gasteiger partial charge in [-0.2, -0.15) is 30.4 Å². The summed E-state index contributed by atoms with van der Waals surface area (Å²) in [4.78, 5) is 28.1. The molecule has 2 fully saturated rings. The molecule has 0 radical (unpaired) electrons. The zero-order valence-electron chi connectivity index (χ0n) is 23.6. The third kappa shape index (κ3) is 8.45. The maximum absolute atomic E-state index is 12.3. The Labute approximate surface area is 249 Å². The zero-order chi connectivity index (χ0) is 29.0. The fraction of sp³-hybridized carbons (Fsp3) is 0.286. The predicted molar refractivity (Wildman–Crippen MR) is 160 cm³/mol. The lowest BCUT2D eigenvalue weighted by molar-refractivity contribution is -0.0152. The Hall–Kier alpha value is -5.12. The highest BCUT2D eigenvalue weighted by atomic mass is 16.2. The van der Waals surface area contributed by atoms with Gasteiger partial charge in [-0.3, -0.25) is 9.59 Å². The van der Waals surface area contributed by atoms with E-state index < -0.39 is 0 Å². The molecule has 0 aromatic carbocycles. The van der Waals surface area contributed by atoms with Gasteiger partial charge < -0.3 is 15.3 Å². The number of hydrogen-bond acceptors (Lipinski definition) is 12. The number of rotatable bonds is 4. The predicted octanol–water partition coefficient (Wildman–Crippen LogP) is 0.217. The van der Waals surface area contributed by atoms with E-state index in [9.17, 15) is 9.59 Å². The molecule has 0 spiro atoms. The van der Waals surface area contributed by atoms with E-state index in [1.807, 2.05) is 59.1 Å². The molecular weight excluding hydrogens is 552 g/mol. The van der Waals surface area contributed by atoms with Crippen molar-refractivity contribution in [3.05, 3.63) is 96.9 Å². The molecule has 2 aromatic heterocycles. The molecule has 2 saturated heterocycles. The Morgan fingerprint density at radius 2 is 0.977 bits per heavy atom. The van der Waals surface area contributed by atoms with Crippen LogP contribution in [0.3, 0.4) is 0 Å². The second kappa shape index (κ2) is 15.8. The fourth-order valence-corrected chi connectivity index (χ4v) is 4.47. The molecule has 6 heterocycles. The molecule has 2 aromatic rings. The van der Waals surface area contributed by atoms with Crippen LogP contribution in [0.2, 0.25) is 0 Å². The molecule has 0 unspecified atom stereocenters. The summed E-state index contributed by atoms with van der Waals surface area (Å²) in [7, 11) is 0. The molecule has 15 nitrogen and oxygen atoms in total. The number of aromatic nitrogens is 4. The minimum atomic E-state index is -0.0701. The summed E-state index contributed by atoms with van der Waals surface area (Å²) in [5, 5.41) is 31.7. The third-order valence-corrected chi connectivity index (χ3v) is 6.67. The van der Waals surface area contributed by atoms with Crippen molar-refractivity contribution in [1.82, 2.24) is 50.4 Å². The van der Waals surface area contributed by atoms with Crippen molar-refractivity contribution in [2.75, 3.05) is 52.4 Å². The van der Waals surface area contributed by atoms with Gasteiger partial charge in [-0.15, -0.1) is 10.2 Å². The van der Waals surface area contributed by atoms with Gasteiger partial charge in [0, 0.05) is 89.6 Å². The lowest BCUT2D eigenvalue weighted by Gasteiger charge is -2.37. The monoisotopic (exact) mass is 586 g/mol. The van der Waals surface area contributed by atoms with E-state index in [1.165, 1.54) is 0 Å². The van der Waals surface area contributed by atoms with Crippen LogP contribution in [-0.4, -0.2) is 133 Å². The minimum absolute atomic E-state index is 0. The number of allylic oxidation sites excluding steroid dienone is 6. The molecule has 15 heteroatoms. The smallest absolute Gasteiger partial charge is 0.274 e. The molecule has 2 N–H and O–H groups in total. The van der Waals surface area contributed by atoms with Crippen molar-refractivity contribution in [1.29, 1.82) is 0 Å². The lowest BCUT2D eigenvalue weighted by Crippen LogP contribution is -2.52. The van der Waals surface area contributed by atoms with E-state index in [-0.39, 0.29) is 17.3 Å². The van der Waals surface area contributed by atoms with Gasteiger partial charge in [0.1, 0.15) is 0 Å². The molecular formula is C28H34N12O3. The molecule has 4 aliphatic heterocycles. The first-order valence-corrected chi connectivity index (χ1v) is 13.7. The Kier molecular flexibility index (Phi) is 11.3. The van der Waals surface area contributed by atoms with Gasteiger partial charge in [0.25, 0.3) is 11.8 Å². The van der Waals surface area contributed by atoms with Gasteiger partial charge >= 0.3 is 0 Å². The topological polar surface area (TPSA) is 161 Å². The van der Waals surface area contributed by atoms with Crippen LogP contribution in [-0.2, 0) is 0 Å². The van der Waals surface area contributed by atoms with E-state index in [1.54, 1.807) is 58.9 Å². The van der Waals surface area contributed by atoms with Crippen molar-refractivity contribution in [2.24, 2.45) is 10.2 Å². The number of nitrogens with zero attached hydrogens (tertiary/aromatic N) is 12. The molecule has 43 heavy (non-hydrogen) atoms.